The molecule has 0 N–H and O–H groups in total. The average molecular weight is 437 g/mol. The molecule has 0 radical (unpaired) electrons. The Kier molecular flexibility index (Phi) is 6.55. The quantitative estimate of drug-likeness (QED) is 0.650. The number of morpholine rings is 1. The molecule has 7 heteroatoms. The van der Waals surface area contributed by atoms with Crippen LogP contribution in [-0.4, -0.2) is 61.4 Å². The van der Waals surface area contributed by atoms with Crippen LogP contribution in [-0.2, 0) is 9.53 Å². The lowest BCUT2D eigenvalue weighted by molar-refractivity contribution is -0.117. The minimum Gasteiger partial charge on any atom is -0.491 e. The van der Waals surface area contributed by atoms with Gasteiger partial charge in [0.1, 0.15) is 18.5 Å². The number of carbonyl (C=O) groups excluding carboxylic acids is 3. The van der Waals surface area contributed by atoms with Crippen LogP contribution in [0.15, 0.2) is 42.5 Å². The number of anilines is 1. The second-order valence-electron chi connectivity index (χ2n) is 8.28. The Morgan fingerprint density at radius 1 is 1.12 bits per heavy atom. The van der Waals surface area contributed by atoms with Gasteiger partial charge in [0.2, 0.25) is 5.91 Å². The smallest absolute Gasteiger partial charge is 0.254 e. The first-order valence-corrected chi connectivity index (χ1v) is 11.0. The van der Waals surface area contributed by atoms with Crippen LogP contribution in [0.5, 0.6) is 5.75 Å². The number of carbonyl (C=O) groups is 3. The Morgan fingerprint density at radius 2 is 1.91 bits per heavy atom. The zero-order valence-corrected chi connectivity index (χ0v) is 18.5. The number of amides is 2. The summed E-state index contributed by atoms with van der Waals surface area (Å²) >= 11 is 0. The number of aryl methyl sites for hydroxylation is 1. The molecule has 0 spiro atoms. The molecule has 2 aliphatic heterocycles. The number of ether oxygens (including phenoxy) is 2. The fraction of sp³-hybridized carbons (Fsp3) is 0.400. The molecule has 168 valence electrons. The molecule has 2 amide bonds. The van der Waals surface area contributed by atoms with E-state index in [1.165, 1.54) is 0 Å². The highest BCUT2D eigenvalue weighted by atomic mass is 16.5. The number of Topliss-reactive ketones (excluding diaryl/α,β-unsaturated/α-hetero) is 1. The number of hydrogen-bond acceptors (Lipinski definition) is 5. The van der Waals surface area contributed by atoms with Gasteiger partial charge < -0.3 is 19.3 Å². The van der Waals surface area contributed by atoms with E-state index in [0.29, 0.717) is 49.6 Å². The number of ketones is 1. The Bertz CT molecular complexity index is 1020. The zero-order chi connectivity index (χ0) is 22.7. The van der Waals surface area contributed by atoms with Gasteiger partial charge >= 0.3 is 0 Å². The summed E-state index contributed by atoms with van der Waals surface area (Å²) in [6.45, 7) is 5.88. The molecule has 0 saturated carbocycles. The highest BCUT2D eigenvalue weighted by Crippen LogP contribution is 2.23. The van der Waals surface area contributed by atoms with E-state index in [1.807, 2.05) is 25.1 Å². The predicted molar refractivity (Wildman–Crippen MR) is 120 cm³/mol. The topological polar surface area (TPSA) is 76.2 Å². The van der Waals surface area contributed by atoms with Crippen molar-refractivity contribution in [3.63, 3.8) is 0 Å². The molecule has 7 nitrogen and oxygen atoms in total. The van der Waals surface area contributed by atoms with Crippen molar-refractivity contribution in [1.82, 2.24) is 4.90 Å². The summed E-state index contributed by atoms with van der Waals surface area (Å²) in [7, 11) is 0. The summed E-state index contributed by atoms with van der Waals surface area (Å²) in [5.41, 5.74) is 2.99. The van der Waals surface area contributed by atoms with Crippen molar-refractivity contribution in [3.05, 3.63) is 59.2 Å². The van der Waals surface area contributed by atoms with Crippen LogP contribution in [0.2, 0.25) is 0 Å². The van der Waals surface area contributed by atoms with E-state index < -0.39 is 0 Å². The number of benzene rings is 2. The predicted octanol–water partition coefficient (Wildman–Crippen LogP) is 3.24. The summed E-state index contributed by atoms with van der Waals surface area (Å²) in [5.74, 6) is 0.774. The molecule has 0 bridgehead atoms. The van der Waals surface area contributed by atoms with E-state index in [-0.39, 0.29) is 23.7 Å². The van der Waals surface area contributed by atoms with Gasteiger partial charge in [0.05, 0.1) is 13.2 Å². The maximum atomic E-state index is 13.0. The van der Waals surface area contributed by atoms with Gasteiger partial charge in [-0.1, -0.05) is 0 Å². The third kappa shape index (κ3) is 4.83. The third-order valence-electron chi connectivity index (χ3n) is 5.94. The van der Waals surface area contributed by atoms with Crippen LogP contribution in [0.25, 0.3) is 0 Å². The van der Waals surface area contributed by atoms with Crippen molar-refractivity contribution >= 4 is 23.3 Å². The molecule has 2 heterocycles. The molecule has 32 heavy (non-hydrogen) atoms. The Hall–Kier alpha value is -3.19. The number of hydrogen-bond donors (Lipinski definition) is 0. The van der Waals surface area contributed by atoms with Crippen molar-refractivity contribution in [2.45, 2.75) is 32.8 Å². The summed E-state index contributed by atoms with van der Waals surface area (Å²) < 4.78 is 11.7. The highest BCUT2D eigenvalue weighted by molar-refractivity contribution is 5.97. The van der Waals surface area contributed by atoms with Gasteiger partial charge in [-0.15, -0.1) is 0 Å². The van der Waals surface area contributed by atoms with Gasteiger partial charge in [-0.25, -0.2) is 0 Å². The van der Waals surface area contributed by atoms with Gasteiger partial charge in [-0.3, -0.25) is 14.4 Å². The zero-order valence-electron chi connectivity index (χ0n) is 18.5. The van der Waals surface area contributed by atoms with Crippen molar-refractivity contribution in [2.75, 3.05) is 37.7 Å². The van der Waals surface area contributed by atoms with Crippen LogP contribution < -0.4 is 9.64 Å². The van der Waals surface area contributed by atoms with E-state index in [2.05, 4.69) is 0 Å². The maximum absolute atomic E-state index is 13.0. The van der Waals surface area contributed by atoms with Gasteiger partial charge in [-0.2, -0.15) is 0 Å². The molecule has 1 atom stereocenters. The van der Waals surface area contributed by atoms with Gasteiger partial charge in [-0.05, 0) is 68.3 Å². The molecular weight excluding hydrogens is 408 g/mol. The highest BCUT2D eigenvalue weighted by Gasteiger charge is 2.26. The van der Waals surface area contributed by atoms with E-state index in [0.717, 1.165) is 24.2 Å². The number of rotatable bonds is 6. The molecule has 2 aromatic rings. The van der Waals surface area contributed by atoms with Crippen LogP contribution in [0.3, 0.4) is 0 Å². The molecule has 0 aliphatic carbocycles. The molecule has 2 aliphatic rings. The van der Waals surface area contributed by atoms with Crippen LogP contribution in [0.4, 0.5) is 5.69 Å². The lowest BCUT2D eigenvalue weighted by Gasteiger charge is -2.33. The van der Waals surface area contributed by atoms with E-state index >= 15 is 0 Å². The molecule has 0 aromatic heterocycles. The summed E-state index contributed by atoms with van der Waals surface area (Å²) in [6.07, 6.45) is 1.22. The van der Waals surface area contributed by atoms with Crippen LogP contribution >= 0.6 is 0 Å². The van der Waals surface area contributed by atoms with Crippen molar-refractivity contribution in [1.29, 1.82) is 0 Å². The van der Waals surface area contributed by atoms with Gasteiger partial charge in [0.15, 0.2) is 5.78 Å². The summed E-state index contributed by atoms with van der Waals surface area (Å²) in [6, 6.07) is 12.6. The first kappa shape index (κ1) is 22.0. The molecular formula is C25H28N2O5. The average Bonchev–Trinajstić information content (AvgIpc) is 3.23. The molecule has 1 unspecified atom stereocenters. The van der Waals surface area contributed by atoms with Crippen LogP contribution in [0.1, 0.15) is 46.0 Å². The van der Waals surface area contributed by atoms with Crippen molar-refractivity contribution < 1.29 is 23.9 Å². The SMILES string of the molecule is CC(=O)c1ccc(OCC2CN(C(=O)c3ccc(N4CCCC4=O)cc3)CCO2)cc1C. The minimum absolute atomic E-state index is 0.0267. The van der Waals surface area contributed by atoms with Crippen molar-refractivity contribution in [2.24, 2.45) is 0 Å². The van der Waals surface area contributed by atoms with E-state index in [9.17, 15) is 14.4 Å². The van der Waals surface area contributed by atoms with Gasteiger partial charge in [0, 0.05) is 36.3 Å². The monoisotopic (exact) mass is 436 g/mol. The Balaban J connectivity index is 1.34. The van der Waals surface area contributed by atoms with E-state index in [1.54, 1.807) is 41.0 Å². The first-order chi connectivity index (χ1) is 15.4. The lowest BCUT2D eigenvalue weighted by Crippen LogP contribution is -2.47. The molecule has 2 saturated heterocycles. The summed E-state index contributed by atoms with van der Waals surface area (Å²) in [5, 5.41) is 0. The second kappa shape index (κ2) is 9.53. The summed E-state index contributed by atoms with van der Waals surface area (Å²) in [4.78, 5) is 40.0. The largest absolute Gasteiger partial charge is 0.491 e. The Labute approximate surface area is 187 Å². The second-order valence-corrected chi connectivity index (χ2v) is 8.28. The van der Waals surface area contributed by atoms with E-state index in [4.69, 9.17) is 9.47 Å². The standard InChI is InChI=1S/C25H28N2O5/c1-17-14-21(9-10-23(17)18(2)28)32-16-22-15-26(12-13-31-22)25(30)19-5-7-20(8-6-19)27-11-3-4-24(27)29/h5-10,14,22H,3-4,11-13,15-16H2,1-2H3. The first-order valence-electron chi connectivity index (χ1n) is 11.0. The molecule has 4 rings (SSSR count). The fourth-order valence-electron chi connectivity index (χ4n) is 4.20. The maximum Gasteiger partial charge on any atom is 0.254 e. The Morgan fingerprint density at radius 3 is 2.56 bits per heavy atom. The fourth-order valence-corrected chi connectivity index (χ4v) is 4.20. The van der Waals surface area contributed by atoms with Crippen molar-refractivity contribution in [3.8, 4) is 5.75 Å². The van der Waals surface area contributed by atoms with Crippen LogP contribution in [0, 0.1) is 6.92 Å². The minimum atomic E-state index is -0.234. The molecule has 2 aromatic carbocycles. The van der Waals surface area contributed by atoms with Gasteiger partial charge in [0.25, 0.3) is 5.91 Å². The normalized spacial score (nSPS) is 18.7. The third-order valence-corrected chi connectivity index (χ3v) is 5.94. The lowest BCUT2D eigenvalue weighted by atomic mass is 10.1. The number of nitrogens with zero attached hydrogens (tertiary/aromatic N) is 2. The molecule has 2 fully saturated rings.